The van der Waals surface area contributed by atoms with E-state index in [1.807, 2.05) is 0 Å². The summed E-state index contributed by atoms with van der Waals surface area (Å²) in [5, 5.41) is 0. The molecule has 23 heavy (non-hydrogen) atoms. The Hall–Kier alpha value is -1.31. The van der Waals surface area contributed by atoms with Crippen LogP contribution < -0.4 is 0 Å². The molecule has 0 rings (SSSR count). The third-order valence-electron chi connectivity index (χ3n) is 2.32. The molecular weight excluding hydrogens is 381 g/mol. The van der Waals surface area contributed by atoms with E-state index in [2.05, 4.69) is 0 Å². The highest BCUT2D eigenvalue weighted by molar-refractivity contribution is 5.18. The molecule has 0 radical (unpaired) electrons. The average Bonchev–Trinajstić information content (AvgIpc) is 2.36. The summed E-state index contributed by atoms with van der Waals surface area (Å²) in [6.45, 7) is 0. The van der Waals surface area contributed by atoms with Gasteiger partial charge in [-0.2, -0.15) is 57.1 Å². The summed E-state index contributed by atoms with van der Waals surface area (Å²) in [6, 6.07) is 0. The summed E-state index contributed by atoms with van der Waals surface area (Å²) < 4.78 is 184. The first-order chi connectivity index (χ1) is 9.80. The van der Waals surface area contributed by atoms with Gasteiger partial charge in [0.25, 0.3) is 0 Å². The van der Waals surface area contributed by atoms with Gasteiger partial charge in [0.1, 0.15) is 0 Å². The first kappa shape index (κ1) is 21.7. The lowest BCUT2D eigenvalue weighted by atomic mass is 9.94. The Morgan fingerprint density at radius 3 is 1.17 bits per heavy atom. The third kappa shape index (κ3) is 2.81. The molecule has 0 unspecified atom stereocenters. The molecule has 0 aliphatic carbocycles. The molecule has 0 saturated carbocycles. The Kier molecular flexibility index (Phi) is 5.33. The summed E-state index contributed by atoms with van der Waals surface area (Å²) in [5.41, 5.74) is 0. The predicted octanol–water partition coefficient (Wildman–Crippen LogP) is 5.51. The second kappa shape index (κ2) is 5.65. The van der Waals surface area contributed by atoms with Crippen LogP contribution in [0.2, 0.25) is 0 Å². The summed E-state index contributed by atoms with van der Waals surface area (Å²) in [6.07, 6.45) is -10.1. The second-order valence-corrected chi connectivity index (χ2v) is 3.80. The highest BCUT2D eigenvalue weighted by Crippen LogP contribution is 2.59. The number of halogens is 15. The van der Waals surface area contributed by atoms with Crippen molar-refractivity contribution in [3.63, 3.8) is 0 Å². The van der Waals surface area contributed by atoms with Crippen molar-refractivity contribution < 1.29 is 65.9 Å². The summed E-state index contributed by atoms with van der Waals surface area (Å²) in [7, 11) is 0. The van der Waals surface area contributed by atoms with Crippen LogP contribution in [0.5, 0.6) is 0 Å². The first-order valence-electron chi connectivity index (χ1n) is 4.68. The van der Waals surface area contributed by atoms with Gasteiger partial charge >= 0.3 is 42.1 Å². The van der Waals surface area contributed by atoms with E-state index in [0.717, 1.165) is 0 Å². The standard InChI is InChI=1S/C8HF15/c9-1(2(10)11)4(14,15)6(18,19)8(22,23)7(20,21)5(16,17)3(12)13/h3H. The minimum absolute atomic E-state index is 4.35. The molecule has 0 heterocycles. The van der Waals surface area contributed by atoms with Crippen LogP contribution in [-0.4, -0.2) is 36.0 Å². The lowest BCUT2D eigenvalue weighted by Gasteiger charge is -2.38. The van der Waals surface area contributed by atoms with E-state index in [-0.39, 0.29) is 0 Å². The molecule has 0 saturated heterocycles. The minimum atomic E-state index is -8.05. The van der Waals surface area contributed by atoms with E-state index in [1.54, 1.807) is 0 Å². The second-order valence-electron chi connectivity index (χ2n) is 3.80. The molecule has 0 amide bonds. The van der Waals surface area contributed by atoms with Gasteiger partial charge in [0.2, 0.25) is 5.83 Å². The molecule has 0 aliphatic rings. The Morgan fingerprint density at radius 1 is 0.565 bits per heavy atom. The number of allylic oxidation sites excluding steroid dienone is 1. The maximum Gasteiger partial charge on any atom is 0.385 e. The molecule has 15 heteroatoms. The van der Waals surface area contributed by atoms with Crippen molar-refractivity contribution in [3.8, 4) is 0 Å². The third-order valence-corrected chi connectivity index (χ3v) is 2.32. The number of hydrogen-bond acceptors (Lipinski definition) is 0. The lowest BCUT2D eigenvalue weighted by Crippen LogP contribution is -2.68. The molecule has 0 aromatic carbocycles. The molecule has 0 bridgehead atoms. The monoisotopic (exact) mass is 382 g/mol. The van der Waals surface area contributed by atoms with Crippen molar-refractivity contribution in [1.29, 1.82) is 0 Å². The van der Waals surface area contributed by atoms with E-state index in [9.17, 15) is 65.9 Å². The molecule has 0 N–H and O–H groups in total. The van der Waals surface area contributed by atoms with Gasteiger partial charge in [0, 0.05) is 0 Å². The van der Waals surface area contributed by atoms with E-state index in [0.29, 0.717) is 0 Å². The van der Waals surface area contributed by atoms with Crippen molar-refractivity contribution in [2.24, 2.45) is 0 Å². The SMILES string of the molecule is FC(F)=C(F)C(F)(F)C(F)(F)C(F)(F)C(F)(F)C(F)(F)C(F)F. The minimum Gasteiger partial charge on any atom is -0.203 e. The van der Waals surface area contributed by atoms with E-state index >= 15 is 0 Å². The van der Waals surface area contributed by atoms with Gasteiger partial charge in [-0.1, -0.05) is 0 Å². The van der Waals surface area contributed by atoms with Crippen LogP contribution in [0.15, 0.2) is 11.9 Å². The molecule has 0 fully saturated rings. The van der Waals surface area contributed by atoms with Crippen molar-refractivity contribution in [3.05, 3.63) is 11.9 Å². The lowest BCUT2D eigenvalue weighted by molar-refractivity contribution is -0.409. The Labute approximate surface area is 115 Å². The van der Waals surface area contributed by atoms with Crippen LogP contribution in [0.3, 0.4) is 0 Å². The van der Waals surface area contributed by atoms with Crippen molar-refractivity contribution in [2.75, 3.05) is 0 Å². The Morgan fingerprint density at radius 2 is 0.913 bits per heavy atom. The fraction of sp³-hybridized carbons (Fsp3) is 0.750. The zero-order valence-corrected chi connectivity index (χ0v) is 9.75. The molecule has 0 aromatic rings. The van der Waals surface area contributed by atoms with Crippen LogP contribution >= 0.6 is 0 Å². The maximum absolute atomic E-state index is 12.7. The van der Waals surface area contributed by atoms with Gasteiger partial charge in [-0.3, -0.25) is 0 Å². The normalized spacial score (nSPS) is 15.1. The van der Waals surface area contributed by atoms with Crippen LogP contribution in [-0.2, 0) is 0 Å². The number of alkyl halides is 12. The van der Waals surface area contributed by atoms with Gasteiger partial charge < -0.3 is 0 Å². The van der Waals surface area contributed by atoms with Crippen molar-refractivity contribution >= 4 is 0 Å². The molecule has 0 aliphatic heterocycles. The van der Waals surface area contributed by atoms with Crippen molar-refractivity contribution in [2.45, 2.75) is 36.0 Å². The summed E-state index contributed by atoms with van der Waals surface area (Å²) in [4.78, 5) is 0. The summed E-state index contributed by atoms with van der Waals surface area (Å²) >= 11 is 0. The zero-order chi connectivity index (χ0) is 19.2. The molecule has 0 aromatic heterocycles. The van der Waals surface area contributed by atoms with Gasteiger partial charge in [0.15, 0.2) is 0 Å². The van der Waals surface area contributed by atoms with Crippen LogP contribution in [0.1, 0.15) is 0 Å². The fourth-order valence-corrected chi connectivity index (χ4v) is 0.997. The molecule has 0 spiro atoms. The quantitative estimate of drug-likeness (QED) is 0.532. The predicted molar refractivity (Wildman–Crippen MR) is 41.1 cm³/mol. The Balaban J connectivity index is 6.34. The van der Waals surface area contributed by atoms with Gasteiger partial charge in [0.05, 0.1) is 0 Å². The highest BCUT2D eigenvalue weighted by atomic mass is 19.4. The average molecular weight is 382 g/mol. The number of rotatable bonds is 6. The zero-order valence-electron chi connectivity index (χ0n) is 9.75. The largest absolute Gasteiger partial charge is 0.385 e. The Bertz CT molecular complexity index is 468. The first-order valence-corrected chi connectivity index (χ1v) is 4.68. The van der Waals surface area contributed by atoms with Crippen molar-refractivity contribution in [1.82, 2.24) is 0 Å². The molecule has 138 valence electrons. The smallest absolute Gasteiger partial charge is 0.203 e. The van der Waals surface area contributed by atoms with Gasteiger partial charge in [-0.05, 0) is 0 Å². The van der Waals surface area contributed by atoms with Gasteiger partial charge in [-0.15, -0.1) is 0 Å². The van der Waals surface area contributed by atoms with Crippen LogP contribution in [0, 0.1) is 0 Å². The highest BCUT2D eigenvalue weighted by Gasteiger charge is 2.88. The summed E-state index contributed by atoms with van der Waals surface area (Å²) in [5.74, 6) is -43.1. The molecule has 0 nitrogen and oxygen atoms in total. The van der Waals surface area contributed by atoms with Crippen LogP contribution in [0.4, 0.5) is 65.9 Å². The van der Waals surface area contributed by atoms with E-state index in [1.165, 1.54) is 0 Å². The van der Waals surface area contributed by atoms with E-state index in [4.69, 9.17) is 0 Å². The topological polar surface area (TPSA) is 0 Å². The maximum atomic E-state index is 12.7. The van der Waals surface area contributed by atoms with Gasteiger partial charge in [-0.25, -0.2) is 8.78 Å². The molecule has 0 atom stereocenters. The fourth-order valence-electron chi connectivity index (χ4n) is 0.997. The van der Waals surface area contributed by atoms with Crippen LogP contribution in [0.25, 0.3) is 0 Å². The molecular formula is C8HF15. The number of hydrogen-bond donors (Lipinski definition) is 0. The van der Waals surface area contributed by atoms with E-state index < -0.39 is 47.9 Å².